The monoisotopic (exact) mass is 203 g/mol. The van der Waals surface area contributed by atoms with Gasteiger partial charge in [-0.3, -0.25) is 0 Å². The van der Waals surface area contributed by atoms with E-state index in [-0.39, 0.29) is 0 Å². The lowest BCUT2D eigenvalue weighted by Crippen LogP contribution is -1.97. The minimum atomic E-state index is 1.21. The number of benzene rings is 1. The molecule has 1 radical (unpaired) electrons. The number of hydrogen-bond donors (Lipinski definition) is 0. The van der Waals surface area contributed by atoms with Crippen LogP contribution in [0.2, 0.25) is 0 Å². The number of unbranched alkanes of at least 4 members (excludes halogenated alkanes) is 2. The molecule has 0 aliphatic carbocycles. The van der Waals surface area contributed by atoms with Gasteiger partial charge in [-0.2, -0.15) is 0 Å². The average molecular weight is 203 g/mol. The molecule has 0 saturated heterocycles. The van der Waals surface area contributed by atoms with Gasteiger partial charge in [0.25, 0.3) is 0 Å². The van der Waals surface area contributed by atoms with Crippen LogP contribution in [0, 0.1) is 34.1 Å². The molecule has 0 bridgehead atoms. The highest BCUT2D eigenvalue weighted by molar-refractivity contribution is 5.47. The van der Waals surface area contributed by atoms with Gasteiger partial charge in [-0.1, -0.05) is 25.8 Å². The van der Waals surface area contributed by atoms with Crippen molar-refractivity contribution >= 4 is 0 Å². The van der Waals surface area contributed by atoms with Gasteiger partial charge in [-0.05, 0) is 68.4 Å². The Morgan fingerprint density at radius 2 is 1.67 bits per heavy atom. The van der Waals surface area contributed by atoms with Crippen molar-refractivity contribution in [2.75, 3.05) is 0 Å². The van der Waals surface area contributed by atoms with E-state index >= 15 is 0 Å². The Kier molecular flexibility index (Phi) is 4.38. The standard InChI is InChI=1S/C15H23/c1-6-7-8-9-15-12(3)10-11(2)13(4)14(15)5/h9-10H,6-8H2,1-5H3. The Bertz CT molecular complexity index is 334. The maximum atomic E-state index is 2.40. The molecule has 83 valence electrons. The fourth-order valence-electron chi connectivity index (χ4n) is 2.07. The van der Waals surface area contributed by atoms with Crippen LogP contribution in [0.25, 0.3) is 0 Å². The minimum absolute atomic E-state index is 1.21. The summed E-state index contributed by atoms with van der Waals surface area (Å²) in [7, 11) is 0. The summed E-state index contributed by atoms with van der Waals surface area (Å²) in [6, 6.07) is 2.31. The predicted molar refractivity (Wildman–Crippen MR) is 68.3 cm³/mol. The molecule has 0 atom stereocenters. The maximum Gasteiger partial charge on any atom is -0.00875 e. The van der Waals surface area contributed by atoms with E-state index in [0.717, 1.165) is 0 Å². The second-order valence-electron chi connectivity index (χ2n) is 4.52. The van der Waals surface area contributed by atoms with Gasteiger partial charge in [-0.15, -0.1) is 0 Å². The average Bonchev–Trinajstić information content (AvgIpc) is 2.20. The molecule has 0 N–H and O–H groups in total. The molecular weight excluding hydrogens is 180 g/mol. The molecule has 0 aliphatic heterocycles. The highest BCUT2D eigenvalue weighted by Crippen LogP contribution is 2.24. The van der Waals surface area contributed by atoms with E-state index in [1.165, 1.54) is 47.1 Å². The number of rotatable bonds is 4. The summed E-state index contributed by atoms with van der Waals surface area (Å²) in [4.78, 5) is 0. The van der Waals surface area contributed by atoms with Gasteiger partial charge in [0.1, 0.15) is 0 Å². The summed E-state index contributed by atoms with van der Waals surface area (Å²) >= 11 is 0. The molecule has 0 spiro atoms. The first-order valence-corrected chi connectivity index (χ1v) is 5.98. The van der Waals surface area contributed by atoms with E-state index in [1.54, 1.807) is 0 Å². The molecule has 0 fully saturated rings. The topological polar surface area (TPSA) is 0 Å². The van der Waals surface area contributed by atoms with Gasteiger partial charge in [0.2, 0.25) is 0 Å². The van der Waals surface area contributed by atoms with Gasteiger partial charge in [0.05, 0.1) is 0 Å². The van der Waals surface area contributed by atoms with Crippen molar-refractivity contribution in [3.8, 4) is 0 Å². The third-order valence-electron chi connectivity index (χ3n) is 3.32. The molecule has 0 amide bonds. The lowest BCUT2D eigenvalue weighted by molar-refractivity contribution is 0.788. The van der Waals surface area contributed by atoms with Crippen LogP contribution in [0.1, 0.15) is 54.0 Å². The quantitative estimate of drug-likeness (QED) is 0.624. The van der Waals surface area contributed by atoms with Crippen LogP contribution in [0.15, 0.2) is 6.07 Å². The highest BCUT2D eigenvalue weighted by atomic mass is 14.1. The Morgan fingerprint density at radius 3 is 2.27 bits per heavy atom. The van der Waals surface area contributed by atoms with Crippen LogP contribution in [0.3, 0.4) is 0 Å². The van der Waals surface area contributed by atoms with Crippen molar-refractivity contribution in [3.63, 3.8) is 0 Å². The number of aryl methyl sites for hydroxylation is 2. The van der Waals surface area contributed by atoms with E-state index in [2.05, 4.69) is 47.1 Å². The smallest absolute Gasteiger partial charge is 0.00875 e. The molecule has 15 heavy (non-hydrogen) atoms. The Labute approximate surface area is 94.7 Å². The Morgan fingerprint density at radius 1 is 1.00 bits per heavy atom. The van der Waals surface area contributed by atoms with Gasteiger partial charge in [-0.25, -0.2) is 0 Å². The van der Waals surface area contributed by atoms with Gasteiger partial charge >= 0.3 is 0 Å². The lowest BCUT2D eigenvalue weighted by Gasteiger charge is -2.14. The molecule has 0 unspecified atom stereocenters. The van der Waals surface area contributed by atoms with Gasteiger partial charge in [0.15, 0.2) is 0 Å². The van der Waals surface area contributed by atoms with Crippen LogP contribution >= 0.6 is 0 Å². The first kappa shape index (κ1) is 12.3. The molecule has 0 heteroatoms. The highest BCUT2D eigenvalue weighted by Gasteiger charge is 2.07. The molecule has 1 rings (SSSR count). The molecule has 1 aromatic carbocycles. The largest absolute Gasteiger partial charge is 0.0654 e. The zero-order valence-corrected chi connectivity index (χ0v) is 10.8. The van der Waals surface area contributed by atoms with Crippen LogP contribution in [0.4, 0.5) is 0 Å². The molecular formula is C15H23. The summed E-state index contributed by atoms with van der Waals surface area (Å²) in [6.07, 6.45) is 6.19. The molecule has 0 aromatic heterocycles. The Balaban J connectivity index is 2.92. The molecule has 1 aromatic rings. The van der Waals surface area contributed by atoms with Crippen molar-refractivity contribution in [2.24, 2.45) is 0 Å². The Hall–Kier alpha value is -0.780. The second kappa shape index (κ2) is 5.34. The van der Waals surface area contributed by atoms with E-state index in [0.29, 0.717) is 0 Å². The van der Waals surface area contributed by atoms with E-state index in [9.17, 15) is 0 Å². The maximum absolute atomic E-state index is 2.40. The van der Waals surface area contributed by atoms with E-state index in [4.69, 9.17) is 0 Å². The summed E-state index contributed by atoms with van der Waals surface area (Å²) in [5.74, 6) is 0. The van der Waals surface area contributed by atoms with Crippen molar-refractivity contribution in [1.82, 2.24) is 0 Å². The summed E-state index contributed by atoms with van der Waals surface area (Å²) in [5.41, 5.74) is 7.21. The third-order valence-corrected chi connectivity index (χ3v) is 3.32. The molecule has 0 nitrogen and oxygen atoms in total. The van der Waals surface area contributed by atoms with Crippen molar-refractivity contribution < 1.29 is 0 Å². The SMILES string of the molecule is CCCC[CH]c1c(C)cc(C)c(C)c1C. The second-order valence-corrected chi connectivity index (χ2v) is 4.52. The third kappa shape index (κ3) is 2.84. The first-order valence-electron chi connectivity index (χ1n) is 5.98. The van der Waals surface area contributed by atoms with E-state index < -0.39 is 0 Å². The molecule has 0 saturated carbocycles. The van der Waals surface area contributed by atoms with Crippen LogP contribution in [-0.2, 0) is 0 Å². The van der Waals surface area contributed by atoms with Crippen LogP contribution < -0.4 is 0 Å². The predicted octanol–water partition coefficient (Wildman–Crippen LogP) is 4.66. The van der Waals surface area contributed by atoms with E-state index in [1.807, 2.05) is 0 Å². The van der Waals surface area contributed by atoms with Crippen molar-refractivity contribution in [2.45, 2.75) is 53.9 Å². The molecule has 0 aliphatic rings. The minimum Gasteiger partial charge on any atom is -0.0654 e. The first-order chi connectivity index (χ1) is 7.07. The van der Waals surface area contributed by atoms with Gasteiger partial charge in [0, 0.05) is 0 Å². The van der Waals surface area contributed by atoms with Crippen molar-refractivity contribution in [3.05, 3.63) is 40.3 Å². The van der Waals surface area contributed by atoms with Crippen LogP contribution in [0.5, 0.6) is 0 Å². The fourth-order valence-corrected chi connectivity index (χ4v) is 2.07. The number of hydrogen-bond acceptors (Lipinski definition) is 0. The fraction of sp³-hybridized carbons (Fsp3) is 0.533. The summed E-state index contributed by atoms with van der Waals surface area (Å²) < 4.78 is 0. The summed E-state index contributed by atoms with van der Waals surface area (Å²) in [6.45, 7) is 11.1. The van der Waals surface area contributed by atoms with Crippen LogP contribution in [-0.4, -0.2) is 0 Å². The normalized spacial score (nSPS) is 10.7. The zero-order chi connectivity index (χ0) is 11.4. The summed E-state index contributed by atoms with van der Waals surface area (Å²) in [5, 5.41) is 0. The lowest BCUT2D eigenvalue weighted by atomic mass is 9.91. The zero-order valence-electron chi connectivity index (χ0n) is 10.8. The van der Waals surface area contributed by atoms with Gasteiger partial charge < -0.3 is 0 Å². The molecule has 0 heterocycles. The van der Waals surface area contributed by atoms with Crippen molar-refractivity contribution in [1.29, 1.82) is 0 Å².